The predicted octanol–water partition coefficient (Wildman–Crippen LogP) is 3.53. The molecule has 0 unspecified atom stereocenters. The monoisotopic (exact) mass is 449 g/mol. The van der Waals surface area contributed by atoms with E-state index in [1.54, 1.807) is 18.1 Å². The summed E-state index contributed by atoms with van der Waals surface area (Å²) in [7, 11) is 1.67. The van der Waals surface area contributed by atoms with Crippen molar-refractivity contribution in [1.29, 1.82) is 5.26 Å². The number of carbonyl (C=O) groups is 2. The van der Waals surface area contributed by atoms with E-state index in [9.17, 15) is 19.6 Å². The third-order valence-corrected chi connectivity index (χ3v) is 6.00. The number of nitrogens with zero attached hydrogens (tertiary/aromatic N) is 5. The molecule has 0 aliphatic carbocycles. The van der Waals surface area contributed by atoms with Crippen molar-refractivity contribution in [2.75, 3.05) is 13.1 Å². The van der Waals surface area contributed by atoms with Gasteiger partial charge in [0.15, 0.2) is 5.78 Å². The van der Waals surface area contributed by atoms with Crippen LogP contribution in [0.4, 0.5) is 4.79 Å². The minimum absolute atomic E-state index is 0.0107. The van der Waals surface area contributed by atoms with Crippen LogP contribution in [0, 0.1) is 11.3 Å². The van der Waals surface area contributed by atoms with Crippen LogP contribution < -0.4 is 5.56 Å². The largest absolute Gasteiger partial charge is 0.444 e. The lowest BCUT2D eigenvalue weighted by Gasteiger charge is -2.33. The SMILES string of the molecule is CC(=O)c1cc(C#N)cc2c(=O)n(C)c3c(cnn3C3CCN(C(=O)OC(C)(C)C)CC3)c12. The van der Waals surface area contributed by atoms with Crippen LogP contribution in [0.1, 0.15) is 62.5 Å². The highest BCUT2D eigenvalue weighted by Crippen LogP contribution is 2.31. The number of ether oxygens (including phenoxy) is 1. The first-order valence-corrected chi connectivity index (χ1v) is 10.9. The number of rotatable bonds is 2. The average Bonchev–Trinajstić information content (AvgIpc) is 3.20. The van der Waals surface area contributed by atoms with Crippen molar-refractivity contribution in [3.63, 3.8) is 0 Å². The number of amides is 1. The number of ketones is 1. The van der Waals surface area contributed by atoms with E-state index >= 15 is 0 Å². The summed E-state index contributed by atoms with van der Waals surface area (Å²) in [5.74, 6) is -0.218. The molecule has 172 valence electrons. The van der Waals surface area contributed by atoms with Gasteiger partial charge < -0.3 is 9.64 Å². The second-order valence-electron chi connectivity index (χ2n) is 9.50. The zero-order valence-electron chi connectivity index (χ0n) is 19.5. The molecule has 3 heterocycles. The van der Waals surface area contributed by atoms with Gasteiger partial charge >= 0.3 is 6.09 Å². The number of carbonyl (C=O) groups excluding carboxylic acids is 2. The molecule has 2 aromatic heterocycles. The fourth-order valence-electron chi connectivity index (χ4n) is 4.47. The quantitative estimate of drug-likeness (QED) is 0.554. The number of likely N-dealkylation sites (tertiary alicyclic amines) is 1. The molecular formula is C24H27N5O4. The zero-order chi connectivity index (χ0) is 24.1. The summed E-state index contributed by atoms with van der Waals surface area (Å²) in [5, 5.41) is 15.5. The number of fused-ring (bicyclic) bond motifs is 3. The molecule has 1 aromatic carbocycles. The van der Waals surface area contributed by atoms with Crippen LogP contribution in [0.25, 0.3) is 21.8 Å². The predicted molar refractivity (Wildman–Crippen MR) is 123 cm³/mol. The smallest absolute Gasteiger partial charge is 0.410 e. The van der Waals surface area contributed by atoms with E-state index in [-0.39, 0.29) is 29.0 Å². The number of aryl methyl sites for hydroxylation is 1. The number of aromatic nitrogens is 3. The highest BCUT2D eigenvalue weighted by atomic mass is 16.6. The second kappa shape index (κ2) is 8.03. The van der Waals surface area contributed by atoms with Crippen molar-refractivity contribution < 1.29 is 14.3 Å². The van der Waals surface area contributed by atoms with Crippen LogP contribution in [0.15, 0.2) is 23.1 Å². The molecule has 3 aromatic rings. The summed E-state index contributed by atoms with van der Waals surface area (Å²) in [6, 6.07) is 5.07. The van der Waals surface area contributed by atoms with Gasteiger partial charge in [-0.15, -0.1) is 0 Å². The first-order chi connectivity index (χ1) is 15.5. The summed E-state index contributed by atoms with van der Waals surface area (Å²) >= 11 is 0. The maximum atomic E-state index is 13.2. The number of piperidine rings is 1. The molecule has 0 N–H and O–H groups in total. The highest BCUT2D eigenvalue weighted by molar-refractivity contribution is 6.16. The molecular weight excluding hydrogens is 422 g/mol. The van der Waals surface area contributed by atoms with Crippen LogP contribution in [-0.2, 0) is 11.8 Å². The van der Waals surface area contributed by atoms with Crippen molar-refractivity contribution in [2.24, 2.45) is 7.05 Å². The van der Waals surface area contributed by atoms with Gasteiger partial charge in [0, 0.05) is 36.5 Å². The molecule has 1 aliphatic rings. The Bertz CT molecular complexity index is 1380. The van der Waals surface area contributed by atoms with E-state index in [1.165, 1.54) is 23.6 Å². The molecule has 0 bridgehead atoms. The van der Waals surface area contributed by atoms with Crippen LogP contribution in [0.5, 0.6) is 0 Å². The first kappa shape index (κ1) is 22.5. The zero-order valence-corrected chi connectivity index (χ0v) is 19.5. The molecule has 1 amide bonds. The van der Waals surface area contributed by atoms with Crippen molar-refractivity contribution in [1.82, 2.24) is 19.2 Å². The third kappa shape index (κ3) is 3.97. The van der Waals surface area contributed by atoms with E-state index in [4.69, 9.17) is 4.74 Å². The lowest BCUT2D eigenvalue weighted by atomic mass is 9.98. The molecule has 0 radical (unpaired) electrons. The van der Waals surface area contributed by atoms with Gasteiger partial charge in [-0.05, 0) is 52.7 Å². The summed E-state index contributed by atoms with van der Waals surface area (Å²) < 4.78 is 8.82. The molecule has 9 heteroatoms. The minimum atomic E-state index is -0.550. The molecule has 1 saturated heterocycles. The molecule has 33 heavy (non-hydrogen) atoms. The van der Waals surface area contributed by atoms with Crippen molar-refractivity contribution in [3.05, 3.63) is 39.8 Å². The Morgan fingerprint density at radius 2 is 1.85 bits per heavy atom. The number of hydrogen-bond donors (Lipinski definition) is 0. The third-order valence-electron chi connectivity index (χ3n) is 6.00. The van der Waals surface area contributed by atoms with Crippen molar-refractivity contribution in [3.8, 4) is 6.07 Å². The number of pyridine rings is 1. The lowest BCUT2D eigenvalue weighted by molar-refractivity contribution is 0.0186. The first-order valence-electron chi connectivity index (χ1n) is 10.9. The molecule has 0 spiro atoms. The standard InChI is InChI=1S/C24H27N5O4/c1-14(30)17-10-15(12-25)11-18-20(17)19-13-26-29(21(19)27(5)22(18)31)16-6-8-28(9-7-16)23(32)33-24(2,3)4/h10-11,13,16H,6-9H2,1-5H3. The van der Waals surface area contributed by atoms with Crippen molar-refractivity contribution in [2.45, 2.75) is 52.2 Å². The van der Waals surface area contributed by atoms with Gasteiger partial charge in [-0.25, -0.2) is 9.48 Å². The Hall–Kier alpha value is -3.67. The lowest BCUT2D eigenvalue weighted by Crippen LogP contribution is -2.42. The van der Waals surface area contributed by atoms with E-state index < -0.39 is 5.60 Å². The minimum Gasteiger partial charge on any atom is -0.444 e. The number of benzene rings is 1. The molecule has 1 aliphatic heterocycles. The van der Waals surface area contributed by atoms with Gasteiger partial charge in [-0.2, -0.15) is 10.4 Å². The van der Waals surface area contributed by atoms with Gasteiger partial charge in [0.2, 0.25) is 0 Å². The van der Waals surface area contributed by atoms with Crippen LogP contribution in [-0.4, -0.2) is 49.8 Å². The number of nitriles is 1. The molecule has 1 fully saturated rings. The Morgan fingerprint density at radius 1 is 1.18 bits per heavy atom. The van der Waals surface area contributed by atoms with Crippen LogP contribution in [0.2, 0.25) is 0 Å². The second-order valence-corrected chi connectivity index (χ2v) is 9.50. The number of Topliss-reactive ketones (excluding diaryl/α,β-unsaturated/α-hetero) is 1. The summed E-state index contributed by atoms with van der Waals surface area (Å²) in [6.45, 7) is 7.99. The van der Waals surface area contributed by atoms with Crippen LogP contribution >= 0.6 is 0 Å². The molecule has 4 rings (SSSR count). The Morgan fingerprint density at radius 3 is 2.42 bits per heavy atom. The maximum absolute atomic E-state index is 13.2. The fraction of sp³-hybridized carbons (Fsp3) is 0.458. The summed E-state index contributed by atoms with van der Waals surface area (Å²) in [6.07, 6.45) is 2.67. The Balaban J connectivity index is 1.76. The number of hydrogen-bond acceptors (Lipinski definition) is 6. The Labute approximate surface area is 191 Å². The van der Waals surface area contributed by atoms with Gasteiger partial charge in [0.1, 0.15) is 11.2 Å². The maximum Gasteiger partial charge on any atom is 0.410 e. The Kier molecular flexibility index (Phi) is 5.48. The van der Waals surface area contributed by atoms with E-state index in [0.29, 0.717) is 53.3 Å². The molecule has 0 atom stereocenters. The average molecular weight is 450 g/mol. The van der Waals surface area contributed by atoms with Crippen LogP contribution in [0.3, 0.4) is 0 Å². The molecule has 9 nitrogen and oxygen atoms in total. The van der Waals surface area contributed by atoms with Gasteiger partial charge in [-0.1, -0.05) is 0 Å². The summed E-state index contributed by atoms with van der Waals surface area (Å²) in [5.41, 5.74) is 0.392. The van der Waals surface area contributed by atoms with Gasteiger partial charge in [-0.3, -0.25) is 14.2 Å². The normalized spacial score (nSPS) is 15.1. The molecule has 0 saturated carbocycles. The van der Waals surface area contributed by atoms with E-state index in [0.717, 1.165) is 0 Å². The summed E-state index contributed by atoms with van der Waals surface area (Å²) in [4.78, 5) is 39.7. The fourth-order valence-corrected chi connectivity index (χ4v) is 4.47. The van der Waals surface area contributed by atoms with E-state index in [2.05, 4.69) is 5.10 Å². The van der Waals surface area contributed by atoms with Crippen molar-refractivity contribution >= 4 is 33.7 Å². The van der Waals surface area contributed by atoms with Gasteiger partial charge in [0.25, 0.3) is 5.56 Å². The van der Waals surface area contributed by atoms with E-state index in [1.807, 2.05) is 31.5 Å². The van der Waals surface area contributed by atoms with Gasteiger partial charge in [0.05, 0.1) is 29.3 Å². The topological polar surface area (TPSA) is 110 Å². The highest BCUT2D eigenvalue weighted by Gasteiger charge is 2.29.